The average Bonchev–Trinajstić information content (AvgIpc) is 2.78. The van der Waals surface area contributed by atoms with Gasteiger partial charge in [0.1, 0.15) is 0 Å². The third kappa shape index (κ3) is 4.66. The Labute approximate surface area is 184 Å². The maximum Gasteiger partial charge on any atom is 0.256 e. The summed E-state index contributed by atoms with van der Waals surface area (Å²) in [6.45, 7) is 6.36. The van der Waals surface area contributed by atoms with Gasteiger partial charge in [-0.25, -0.2) is 4.98 Å². The van der Waals surface area contributed by atoms with E-state index in [4.69, 9.17) is 4.98 Å². The lowest BCUT2D eigenvalue weighted by Crippen LogP contribution is -2.13. The van der Waals surface area contributed by atoms with Crippen molar-refractivity contribution < 1.29 is 4.79 Å². The number of nitrogens with zero attached hydrogens (tertiary/aromatic N) is 1. The SMILES string of the molecule is CCCCc1ccc(NC(=O)c2cc(-c3ccc(C)cc3C)nc3ccccc23)cc1. The zero-order valence-electron chi connectivity index (χ0n) is 18.4. The lowest BCUT2D eigenvalue weighted by molar-refractivity contribution is 0.102. The van der Waals surface area contributed by atoms with Gasteiger partial charge in [0.2, 0.25) is 0 Å². The van der Waals surface area contributed by atoms with Crippen LogP contribution >= 0.6 is 0 Å². The van der Waals surface area contributed by atoms with Crippen molar-refractivity contribution in [1.82, 2.24) is 4.98 Å². The van der Waals surface area contributed by atoms with E-state index in [-0.39, 0.29) is 5.91 Å². The summed E-state index contributed by atoms with van der Waals surface area (Å²) in [6.07, 6.45) is 3.42. The largest absolute Gasteiger partial charge is 0.322 e. The standard InChI is InChI=1S/C28H28N2O/c1-4-5-8-21-12-14-22(15-13-21)29-28(31)25-18-27(23-16-11-19(2)17-20(23)3)30-26-10-7-6-9-24(25)26/h6-7,9-18H,4-5,8H2,1-3H3,(H,29,31). The minimum absolute atomic E-state index is 0.120. The van der Waals surface area contributed by atoms with Gasteiger partial charge in [0.25, 0.3) is 5.91 Å². The number of unbranched alkanes of at least 4 members (excludes halogenated alkanes) is 1. The number of aromatic nitrogens is 1. The van der Waals surface area contributed by atoms with Gasteiger partial charge in [-0.15, -0.1) is 0 Å². The number of hydrogen-bond acceptors (Lipinski definition) is 2. The molecule has 0 spiro atoms. The molecule has 0 radical (unpaired) electrons. The summed E-state index contributed by atoms with van der Waals surface area (Å²) in [5.74, 6) is -0.120. The Bertz CT molecular complexity index is 1230. The molecule has 3 aromatic carbocycles. The van der Waals surface area contributed by atoms with Crippen molar-refractivity contribution in [1.29, 1.82) is 0 Å². The molecule has 0 aliphatic heterocycles. The molecule has 0 saturated carbocycles. The van der Waals surface area contributed by atoms with E-state index in [0.717, 1.165) is 39.8 Å². The lowest BCUT2D eigenvalue weighted by Gasteiger charge is -2.12. The first-order valence-corrected chi connectivity index (χ1v) is 10.9. The van der Waals surface area contributed by atoms with Crippen LogP contribution in [0.15, 0.2) is 72.8 Å². The van der Waals surface area contributed by atoms with Crippen molar-refractivity contribution in [2.24, 2.45) is 0 Å². The maximum atomic E-state index is 13.3. The van der Waals surface area contributed by atoms with E-state index < -0.39 is 0 Å². The van der Waals surface area contributed by atoms with Crippen LogP contribution in [0.3, 0.4) is 0 Å². The number of pyridine rings is 1. The summed E-state index contributed by atoms with van der Waals surface area (Å²) >= 11 is 0. The molecule has 3 heteroatoms. The number of para-hydroxylation sites is 1. The van der Waals surface area contributed by atoms with Crippen LogP contribution in [0.5, 0.6) is 0 Å². The van der Waals surface area contributed by atoms with Crippen LogP contribution in [0.2, 0.25) is 0 Å². The van der Waals surface area contributed by atoms with Gasteiger partial charge in [0.05, 0.1) is 16.8 Å². The first-order valence-electron chi connectivity index (χ1n) is 10.9. The highest BCUT2D eigenvalue weighted by molar-refractivity contribution is 6.13. The fourth-order valence-corrected chi connectivity index (χ4v) is 3.94. The fraction of sp³-hybridized carbons (Fsp3) is 0.214. The van der Waals surface area contributed by atoms with E-state index >= 15 is 0 Å². The molecular weight excluding hydrogens is 380 g/mol. The van der Waals surface area contributed by atoms with Gasteiger partial charge in [-0.05, 0) is 62.1 Å². The summed E-state index contributed by atoms with van der Waals surface area (Å²) in [7, 11) is 0. The van der Waals surface area contributed by atoms with Gasteiger partial charge in [-0.3, -0.25) is 4.79 Å². The Morgan fingerprint density at radius 3 is 2.45 bits per heavy atom. The number of hydrogen-bond donors (Lipinski definition) is 1. The van der Waals surface area contributed by atoms with Gasteiger partial charge in [0.15, 0.2) is 0 Å². The molecule has 1 N–H and O–H groups in total. The normalized spacial score (nSPS) is 10.9. The molecule has 3 nitrogen and oxygen atoms in total. The van der Waals surface area contributed by atoms with E-state index in [0.29, 0.717) is 5.56 Å². The minimum atomic E-state index is -0.120. The minimum Gasteiger partial charge on any atom is -0.322 e. The van der Waals surface area contributed by atoms with Crippen LogP contribution in [-0.2, 0) is 6.42 Å². The summed E-state index contributed by atoms with van der Waals surface area (Å²) in [4.78, 5) is 18.1. The highest BCUT2D eigenvalue weighted by atomic mass is 16.1. The van der Waals surface area contributed by atoms with Gasteiger partial charge < -0.3 is 5.32 Å². The molecule has 1 aromatic heterocycles. The molecule has 4 aromatic rings. The van der Waals surface area contributed by atoms with E-state index in [1.54, 1.807) is 0 Å². The second-order valence-corrected chi connectivity index (χ2v) is 8.15. The Balaban J connectivity index is 1.69. The van der Waals surface area contributed by atoms with Gasteiger partial charge in [0, 0.05) is 16.6 Å². The molecule has 156 valence electrons. The van der Waals surface area contributed by atoms with Crippen molar-refractivity contribution in [2.45, 2.75) is 40.0 Å². The Hall–Kier alpha value is -3.46. The molecule has 1 amide bonds. The van der Waals surface area contributed by atoms with Gasteiger partial charge in [-0.2, -0.15) is 0 Å². The fourth-order valence-electron chi connectivity index (χ4n) is 3.94. The predicted octanol–water partition coefficient (Wildman–Crippen LogP) is 7.11. The number of anilines is 1. The quantitative estimate of drug-likeness (QED) is 0.369. The molecule has 0 unspecified atom stereocenters. The smallest absolute Gasteiger partial charge is 0.256 e. The number of fused-ring (bicyclic) bond motifs is 1. The summed E-state index contributed by atoms with van der Waals surface area (Å²) in [5.41, 5.74) is 7.78. The molecule has 1 heterocycles. The van der Waals surface area contributed by atoms with Crippen LogP contribution < -0.4 is 5.32 Å². The molecule has 31 heavy (non-hydrogen) atoms. The highest BCUT2D eigenvalue weighted by Gasteiger charge is 2.15. The average molecular weight is 409 g/mol. The third-order valence-electron chi connectivity index (χ3n) is 5.65. The monoisotopic (exact) mass is 408 g/mol. The molecule has 0 atom stereocenters. The van der Waals surface area contributed by atoms with Crippen molar-refractivity contribution in [3.05, 3.63) is 95.1 Å². The number of carbonyl (C=O) groups excluding carboxylic acids is 1. The molecule has 0 bridgehead atoms. The molecule has 0 aliphatic rings. The van der Waals surface area contributed by atoms with Gasteiger partial charge >= 0.3 is 0 Å². The van der Waals surface area contributed by atoms with Gasteiger partial charge in [-0.1, -0.05) is 67.4 Å². The summed E-state index contributed by atoms with van der Waals surface area (Å²) < 4.78 is 0. The van der Waals surface area contributed by atoms with E-state index in [1.807, 2.05) is 42.5 Å². The zero-order valence-corrected chi connectivity index (χ0v) is 18.4. The van der Waals surface area contributed by atoms with Crippen LogP contribution in [-0.4, -0.2) is 10.9 Å². The van der Waals surface area contributed by atoms with E-state index in [9.17, 15) is 4.79 Å². The second kappa shape index (κ2) is 9.13. The highest BCUT2D eigenvalue weighted by Crippen LogP contribution is 2.28. The zero-order chi connectivity index (χ0) is 21.8. The van der Waals surface area contributed by atoms with Crippen LogP contribution in [0.1, 0.15) is 46.8 Å². The Morgan fingerprint density at radius 1 is 0.935 bits per heavy atom. The van der Waals surface area contributed by atoms with E-state index in [2.05, 4.69) is 56.4 Å². The number of rotatable bonds is 6. The molecular formula is C28H28N2O. The Kier molecular flexibility index (Phi) is 6.13. The van der Waals surface area contributed by atoms with E-state index in [1.165, 1.54) is 24.0 Å². The molecule has 4 rings (SSSR count). The van der Waals surface area contributed by atoms with Crippen LogP contribution in [0.4, 0.5) is 5.69 Å². The van der Waals surface area contributed by atoms with Crippen molar-refractivity contribution in [3.8, 4) is 11.3 Å². The summed E-state index contributed by atoms with van der Waals surface area (Å²) in [5, 5.41) is 3.92. The predicted molar refractivity (Wildman–Crippen MR) is 130 cm³/mol. The first-order chi connectivity index (χ1) is 15.0. The number of amides is 1. The number of aryl methyl sites for hydroxylation is 3. The maximum absolute atomic E-state index is 13.3. The topological polar surface area (TPSA) is 42.0 Å². The second-order valence-electron chi connectivity index (χ2n) is 8.15. The van der Waals surface area contributed by atoms with Crippen molar-refractivity contribution in [2.75, 3.05) is 5.32 Å². The number of carbonyl (C=O) groups is 1. The Morgan fingerprint density at radius 2 is 1.71 bits per heavy atom. The van der Waals surface area contributed by atoms with Crippen LogP contribution in [0.25, 0.3) is 22.2 Å². The number of nitrogens with one attached hydrogen (secondary N) is 1. The molecule has 0 saturated heterocycles. The first kappa shape index (κ1) is 20.8. The summed E-state index contributed by atoms with van der Waals surface area (Å²) in [6, 6.07) is 24.2. The molecule has 0 aliphatic carbocycles. The van der Waals surface area contributed by atoms with Crippen LogP contribution in [0, 0.1) is 13.8 Å². The third-order valence-corrected chi connectivity index (χ3v) is 5.65. The van der Waals surface area contributed by atoms with Crippen molar-refractivity contribution >= 4 is 22.5 Å². The molecule has 0 fully saturated rings. The van der Waals surface area contributed by atoms with Crippen molar-refractivity contribution in [3.63, 3.8) is 0 Å². The number of benzene rings is 3. The lowest BCUT2D eigenvalue weighted by atomic mass is 9.99.